The van der Waals surface area contributed by atoms with E-state index in [0.717, 1.165) is 36.8 Å². The molecule has 2 heterocycles. The fourth-order valence-corrected chi connectivity index (χ4v) is 3.73. The first-order chi connectivity index (χ1) is 14.7. The molecule has 1 saturated carbocycles. The Balaban J connectivity index is 1.47. The number of hydrogen-bond acceptors (Lipinski definition) is 5. The molecule has 2 N–H and O–H groups in total. The highest BCUT2D eigenvalue weighted by Gasteiger charge is 2.28. The number of benzene rings is 1. The molecule has 0 bridgehead atoms. The van der Waals surface area contributed by atoms with Gasteiger partial charge in [0.25, 0.3) is 11.5 Å². The molecule has 0 spiro atoms. The van der Waals surface area contributed by atoms with Crippen molar-refractivity contribution in [2.75, 3.05) is 0 Å². The van der Waals surface area contributed by atoms with Gasteiger partial charge in [-0.1, -0.05) is 43.2 Å². The van der Waals surface area contributed by atoms with Crippen molar-refractivity contribution in [3.8, 4) is 11.3 Å². The van der Waals surface area contributed by atoms with Gasteiger partial charge in [-0.25, -0.2) is 5.10 Å². The van der Waals surface area contributed by atoms with E-state index in [1.165, 1.54) is 6.07 Å². The van der Waals surface area contributed by atoms with Crippen LogP contribution in [-0.4, -0.2) is 33.2 Å². The van der Waals surface area contributed by atoms with E-state index in [0.29, 0.717) is 12.3 Å². The summed E-state index contributed by atoms with van der Waals surface area (Å²) in [7, 11) is 0. The van der Waals surface area contributed by atoms with Gasteiger partial charge in [0.1, 0.15) is 5.56 Å². The van der Waals surface area contributed by atoms with Crippen LogP contribution in [0, 0.1) is 0 Å². The third kappa shape index (κ3) is 4.80. The van der Waals surface area contributed by atoms with Gasteiger partial charge in [0, 0.05) is 18.0 Å². The van der Waals surface area contributed by atoms with Crippen molar-refractivity contribution in [1.29, 1.82) is 0 Å². The highest BCUT2D eigenvalue weighted by atomic mass is 16.5. The molecule has 0 unspecified atom stereocenters. The van der Waals surface area contributed by atoms with Gasteiger partial charge in [-0.2, -0.15) is 5.10 Å². The van der Waals surface area contributed by atoms with Crippen molar-refractivity contribution in [1.82, 2.24) is 20.5 Å². The number of aromatic amines is 1. The van der Waals surface area contributed by atoms with Crippen LogP contribution in [-0.2, 0) is 11.3 Å². The van der Waals surface area contributed by atoms with Crippen molar-refractivity contribution >= 4 is 5.91 Å². The van der Waals surface area contributed by atoms with E-state index in [9.17, 15) is 9.59 Å². The summed E-state index contributed by atoms with van der Waals surface area (Å²) in [6.07, 6.45) is 6.98. The Labute approximate surface area is 174 Å². The highest BCUT2D eigenvalue weighted by molar-refractivity contribution is 5.94. The topological polar surface area (TPSA) is 97.0 Å². The van der Waals surface area contributed by atoms with Crippen LogP contribution in [0.5, 0.6) is 0 Å². The second-order valence-corrected chi connectivity index (χ2v) is 7.43. The molecule has 154 valence electrons. The second-order valence-electron chi connectivity index (χ2n) is 7.43. The Morgan fingerprint density at radius 1 is 1.10 bits per heavy atom. The Bertz CT molecular complexity index is 1040. The molecular formula is C23H24N4O3. The Morgan fingerprint density at radius 2 is 1.87 bits per heavy atom. The van der Waals surface area contributed by atoms with Crippen LogP contribution in [0.2, 0.25) is 0 Å². The van der Waals surface area contributed by atoms with Gasteiger partial charge in [-0.15, -0.1) is 0 Å². The molecule has 30 heavy (non-hydrogen) atoms. The number of hydrogen-bond donors (Lipinski definition) is 2. The molecule has 1 aliphatic carbocycles. The molecule has 4 rings (SSSR count). The van der Waals surface area contributed by atoms with Crippen molar-refractivity contribution in [3.63, 3.8) is 0 Å². The van der Waals surface area contributed by atoms with Crippen molar-refractivity contribution in [3.05, 3.63) is 82.4 Å². The van der Waals surface area contributed by atoms with Crippen LogP contribution in [0.4, 0.5) is 0 Å². The predicted octanol–water partition coefficient (Wildman–Crippen LogP) is 3.09. The van der Waals surface area contributed by atoms with Crippen LogP contribution >= 0.6 is 0 Å². The number of nitrogens with one attached hydrogen (secondary N) is 2. The van der Waals surface area contributed by atoms with Crippen molar-refractivity contribution in [2.45, 2.75) is 44.4 Å². The SMILES string of the molecule is O=C(N[C@@H]1CCCC[C@@H]1OCc1ccccc1)c1cc(-c2ccncc2)n[nH]c1=O. The van der Waals surface area contributed by atoms with Crippen LogP contribution in [0.3, 0.4) is 0 Å². The first kappa shape index (κ1) is 20.0. The quantitative estimate of drug-likeness (QED) is 0.658. The lowest BCUT2D eigenvalue weighted by molar-refractivity contribution is -0.00463. The molecule has 1 fully saturated rings. The monoisotopic (exact) mass is 404 g/mol. The normalized spacial score (nSPS) is 18.7. The fraction of sp³-hybridized carbons (Fsp3) is 0.304. The maximum atomic E-state index is 12.9. The fourth-order valence-electron chi connectivity index (χ4n) is 3.73. The standard InChI is InChI=1S/C23H24N4O3/c28-22(18-14-20(26-27-23(18)29)17-10-12-24-13-11-17)25-19-8-4-5-9-21(19)30-15-16-6-2-1-3-7-16/h1-3,6-7,10-14,19,21H,4-5,8-9,15H2,(H,25,28)(H,27,29)/t19-,21+/m1/s1. The number of amides is 1. The average molecular weight is 404 g/mol. The van der Waals surface area contributed by atoms with Gasteiger partial charge in [0.05, 0.1) is 24.4 Å². The predicted molar refractivity (Wildman–Crippen MR) is 113 cm³/mol. The zero-order valence-electron chi connectivity index (χ0n) is 16.6. The molecule has 1 aromatic carbocycles. The van der Waals surface area contributed by atoms with E-state index < -0.39 is 11.5 Å². The minimum atomic E-state index is -0.511. The largest absolute Gasteiger partial charge is 0.371 e. The summed E-state index contributed by atoms with van der Waals surface area (Å²) in [4.78, 5) is 29.1. The third-order valence-corrected chi connectivity index (χ3v) is 5.35. The Morgan fingerprint density at radius 3 is 2.67 bits per heavy atom. The maximum absolute atomic E-state index is 12.9. The molecular weight excluding hydrogens is 380 g/mol. The van der Waals surface area contributed by atoms with E-state index in [1.54, 1.807) is 24.5 Å². The summed E-state index contributed by atoms with van der Waals surface area (Å²) in [5.74, 6) is -0.408. The van der Waals surface area contributed by atoms with Gasteiger partial charge in [0.2, 0.25) is 0 Å². The second kappa shape index (κ2) is 9.45. The molecule has 0 saturated heterocycles. The van der Waals surface area contributed by atoms with E-state index >= 15 is 0 Å². The lowest BCUT2D eigenvalue weighted by atomic mass is 9.92. The van der Waals surface area contributed by atoms with Gasteiger partial charge >= 0.3 is 0 Å². The molecule has 1 aliphatic rings. The summed E-state index contributed by atoms with van der Waals surface area (Å²) >= 11 is 0. The molecule has 3 aromatic rings. The third-order valence-electron chi connectivity index (χ3n) is 5.35. The molecule has 2 atom stereocenters. The van der Waals surface area contributed by atoms with E-state index in [4.69, 9.17) is 4.74 Å². The van der Waals surface area contributed by atoms with Crippen LogP contribution in [0.1, 0.15) is 41.6 Å². The minimum absolute atomic E-state index is 0.0456. The Kier molecular flexibility index (Phi) is 6.29. The number of carbonyl (C=O) groups is 1. The van der Waals surface area contributed by atoms with Crippen molar-refractivity contribution in [2.24, 2.45) is 0 Å². The van der Waals surface area contributed by atoms with Gasteiger partial charge in [-0.3, -0.25) is 14.6 Å². The summed E-state index contributed by atoms with van der Waals surface area (Å²) in [5.41, 5.74) is 1.92. The van der Waals surface area contributed by atoms with Gasteiger partial charge < -0.3 is 10.1 Å². The maximum Gasteiger partial charge on any atom is 0.277 e. The molecule has 7 nitrogen and oxygen atoms in total. The molecule has 7 heteroatoms. The smallest absolute Gasteiger partial charge is 0.277 e. The van der Waals surface area contributed by atoms with Crippen LogP contribution in [0.15, 0.2) is 65.7 Å². The number of ether oxygens (including phenoxy) is 1. The number of carbonyl (C=O) groups excluding carboxylic acids is 1. The van der Waals surface area contributed by atoms with Crippen LogP contribution in [0.25, 0.3) is 11.3 Å². The summed E-state index contributed by atoms with van der Waals surface area (Å²) in [6.45, 7) is 0.500. The van der Waals surface area contributed by atoms with E-state index in [1.807, 2.05) is 30.3 Å². The van der Waals surface area contributed by atoms with Gasteiger partial charge in [-0.05, 0) is 36.6 Å². The summed E-state index contributed by atoms with van der Waals surface area (Å²) in [6, 6.07) is 14.9. The molecule has 2 aromatic heterocycles. The molecule has 0 aliphatic heterocycles. The number of H-pyrrole nitrogens is 1. The number of pyridine rings is 1. The van der Waals surface area contributed by atoms with Crippen LogP contribution < -0.4 is 10.9 Å². The van der Waals surface area contributed by atoms with E-state index in [2.05, 4.69) is 20.5 Å². The molecule has 0 radical (unpaired) electrons. The number of nitrogens with zero attached hydrogens (tertiary/aromatic N) is 2. The first-order valence-electron chi connectivity index (χ1n) is 10.2. The lowest BCUT2D eigenvalue weighted by Gasteiger charge is -2.32. The molecule has 1 amide bonds. The summed E-state index contributed by atoms with van der Waals surface area (Å²) in [5, 5.41) is 9.49. The number of aromatic nitrogens is 3. The highest BCUT2D eigenvalue weighted by Crippen LogP contribution is 2.23. The lowest BCUT2D eigenvalue weighted by Crippen LogP contribution is -2.47. The van der Waals surface area contributed by atoms with Gasteiger partial charge in [0.15, 0.2) is 0 Å². The van der Waals surface area contributed by atoms with E-state index in [-0.39, 0.29) is 17.7 Å². The Hall–Kier alpha value is -3.32. The number of rotatable bonds is 6. The zero-order valence-corrected chi connectivity index (χ0v) is 16.6. The zero-order chi connectivity index (χ0) is 20.8. The van der Waals surface area contributed by atoms with Crippen molar-refractivity contribution < 1.29 is 9.53 Å². The summed E-state index contributed by atoms with van der Waals surface area (Å²) < 4.78 is 6.12. The average Bonchev–Trinajstić information content (AvgIpc) is 2.80. The minimum Gasteiger partial charge on any atom is -0.371 e. The first-order valence-corrected chi connectivity index (χ1v) is 10.2.